The number of rotatable bonds is 15. The lowest BCUT2D eigenvalue weighted by atomic mass is 9.77. The van der Waals surface area contributed by atoms with E-state index >= 15 is 0 Å². The van der Waals surface area contributed by atoms with Gasteiger partial charge in [-0.2, -0.15) is 0 Å². The molecule has 0 atom stereocenters. The van der Waals surface area contributed by atoms with E-state index in [1.807, 2.05) is 19.1 Å². The van der Waals surface area contributed by atoms with Gasteiger partial charge in [-0.05, 0) is 66.8 Å². The van der Waals surface area contributed by atoms with Gasteiger partial charge < -0.3 is 38.5 Å². The lowest BCUT2D eigenvalue weighted by molar-refractivity contribution is 0.0203. The Morgan fingerprint density at radius 3 is 1.50 bits per heavy atom. The molecule has 226 valence electrons. The Morgan fingerprint density at radius 2 is 1.10 bits per heavy atom. The standard InChI is InChI=1S/C14H25BO5Si.C14H23BrO3Si/c1-11-8-14(13(18-2)9-12(11)15(16)17)20-10-19-6-7-21(3,4)5;1-11-8-14(13(16-2)9-12(11)15)18-10-17-6-7-19(3,4)5/h8-9,16-17H,6-7,10H2,1-5H3;8-9H,6-7,10H2,1-5H3. The second kappa shape index (κ2) is 17.4. The monoisotopic (exact) mass is 658 g/mol. The van der Waals surface area contributed by atoms with Gasteiger partial charge in [0.1, 0.15) is 0 Å². The summed E-state index contributed by atoms with van der Waals surface area (Å²) in [5.74, 6) is 2.42. The number of aryl methyl sites for hydroxylation is 2. The van der Waals surface area contributed by atoms with Gasteiger partial charge in [0.05, 0.1) is 14.2 Å². The summed E-state index contributed by atoms with van der Waals surface area (Å²) in [4.78, 5) is 0. The lowest BCUT2D eigenvalue weighted by Crippen LogP contribution is -2.32. The van der Waals surface area contributed by atoms with Gasteiger partial charge in [0.25, 0.3) is 0 Å². The van der Waals surface area contributed by atoms with Crippen LogP contribution < -0.4 is 24.4 Å². The van der Waals surface area contributed by atoms with Crippen LogP contribution in [0.3, 0.4) is 0 Å². The molecule has 0 heterocycles. The van der Waals surface area contributed by atoms with E-state index in [1.165, 1.54) is 7.11 Å². The van der Waals surface area contributed by atoms with Crippen LogP contribution in [0.2, 0.25) is 51.4 Å². The highest BCUT2D eigenvalue weighted by Crippen LogP contribution is 2.33. The summed E-state index contributed by atoms with van der Waals surface area (Å²) in [6.07, 6.45) is 0. The molecule has 2 aromatic carbocycles. The van der Waals surface area contributed by atoms with Crippen molar-refractivity contribution in [3.05, 3.63) is 39.9 Å². The first-order chi connectivity index (χ1) is 18.6. The lowest BCUT2D eigenvalue weighted by Gasteiger charge is -2.17. The fraction of sp³-hybridized carbons (Fsp3) is 0.571. The average molecular weight is 660 g/mol. The Morgan fingerprint density at radius 1 is 0.675 bits per heavy atom. The van der Waals surface area contributed by atoms with Crippen molar-refractivity contribution >= 4 is 44.7 Å². The van der Waals surface area contributed by atoms with Crippen LogP contribution in [0.5, 0.6) is 23.0 Å². The van der Waals surface area contributed by atoms with Gasteiger partial charge in [-0.1, -0.05) is 55.2 Å². The molecule has 40 heavy (non-hydrogen) atoms. The highest BCUT2D eigenvalue weighted by molar-refractivity contribution is 9.10. The van der Waals surface area contributed by atoms with Crippen molar-refractivity contribution < 1.29 is 38.5 Å². The number of methoxy groups -OCH3 is 2. The second-order valence-corrected chi connectivity index (χ2v) is 24.0. The quantitative estimate of drug-likeness (QED) is 0.140. The largest absolute Gasteiger partial charge is 0.493 e. The van der Waals surface area contributed by atoms with Crippen LogP contribution in [-0.2, 0) is 9.47 Å². The second-order valence-electron chi connectivity index (χ2n) is 11.9. The zero-order valence-electron chi connectivity index (χ0n) is 25.9. The van der Waals surface area contributed by atoms with Crippen molar-refractivity contribution in [3.8, 4) is 23.0 Å². The maximum absolute atomic E-state index is 9.28. The molecule has 0 aliphatic rings. The van der Waals surface area contributed by atoms with E-state index in [0.29, 0.717) is 29.3 Å². The molecular weight excluding hydrogens is 611 g/mol. The zero-order chi connectivity index (χ0) is 30.5. The summed E-state index contributed by atoms with van der Waals surface area (Å²) in [7, 11) is -0.507. The maximum atomic E-state index is 9.28. The molecular formula is C28H48BBrO8Si2. The van der Waals surface area contributed by atoms with E-state index in [-0.39, 0.29) is 13.6 Å². The molecule has 0 unspecified atom stereocenters. The molecule has 0 aliphatic carbocycles. The number of hydrogen-bond acceptors (Lipinski definition) is 8. The molecule has 12 heteroatoms. The first-order valence-corrected chi connectivity index (χ1v) is 21.6. The molecule has 2 aromatic rings. The van der Waals surface area contributed by atoms with Crippen LogP contribution in [0.4, 0.5) is 0 Å². The molecule has 0 fully saturated rings. The van der Waals surface area contributed by atoms with Crippen LogP contribution in [0.1, 0.15) is 11.1 Å². The van der Waals surface area contributed by atoms with Gasteiger partial charge >= 0.3 is 7.12 Å². The van der Waals surface area contributed by atoms with Crippen LogP contribution in [0.25, 0.3) is 0 Å². The predicted molar refractivity (Wildman–Crippen MR) is 172 cm³/mol. The van der Waals surface area contributed by atoms with Crippen LogP contribution >= 0.6 is 15.9 Å². The molecule has 0 saturated carbocycles. The number of ether oxygens (including phenoxy) is 6. The topological polar surface area (TPSA) is 95.8 Å². The molecule has 0 spiro atoms. The van der Waals surface area contributed by atoms with E-state index in [9.17, 15) is 10.0 Å². The molecule has 0 radical (unpaired) electrons. The van der Waals surface area contributed by atoms with E-state index in [4.69, 9.17) is 28.4 Å². The summed E-state index contributed by atoms with van der Waals surface area (Å²) < 4.78 is 33.7. The molecule has 2 N–H and O–H groups in total. The average Bonchev–Trinajstić information content (AvgIpc) is 2.84. The van der Waals surface area contributed by atoms with Gasteiger partial charge in [0, 0.05) is 33.8 Å². The predicted octanol–water partition coefficient (Wildman–Crippen LogP) is 5.83. The SMILES string of the molecule is COc1cc(B(O)O)c(C)cc1OCOCC[Si](C)(C)C.COc1cc(Br)c(C)cc1OCOCC[Si](C)(C)C. The summed E-state index contributed by atoms with van der Waals surface area (Å²) in [5, 5.41) is 18.6. The molecule has 0 aliphatic heterocycles. The number of halogens is 1. The van der Waals surface area contributed by atoms with Crippen LogP contribution in [0, 0.1) is 13.8 Å². The summed E-state index contributed by atoms with van der Waals surface area (Å²) >= 11 is 3.47. The first kappa shape index (κ1) is 36.5. The van der Waals surface area contributed by atoms with Crippen molar-refractivity contribution in [3.63, 3.8) is 0 Å². The third-order valence-electron chi connectivity index (χ3n) is 5.86. The number of hydrogen-bond donors (Lipinski definition) is 2. The molecule has 0 bridgehead atoms. The minimum Gasteiger partial charge on any atom is -0.493 e. The summed E-state index contributed by atoms with van der Waals surface area (Å²) in [6, 6.07) is 9.37. The smallest absolute Gasteiger partial charge is 0.488 e. The Bertz CT molecular complexity index is 1040. The summed E-state index contributed by atoms with van der Waals surface area (Å²) in [5.41, 5.74) is 2.24. The van der Waals surface area contributed by atoms with Crippen LogP contribution in [0.15, 0.2) is 28.7 Å². The Balaban J connectivity index is 0.000000402. The van der Waals surface area contributed by atoms with Gasteiger partial charge in [-0.15, -0.1) is 0 Å². The minimum atomic E-state index is -1.53. The van der Waals surface area contributed by atoms with E-state index in [2.05, 4.69) is 55.2 Å². The zero-order valence-corrected chi connectivity index (χ0v) is 29.4. The number of benzene rings is 2. The molecule has 2 rings (SSSR count). The van der Waals surface area contributed by atoms with Crippen molar-refractivity contribution in [1.29, 1.82) is 0 Å². The fourth-order valence-electron chi connectivity index (χ4n) is 3.22. The third-order valence-corrected chi connectivity index (χ3v) is 10.1. The first-order valence-electron chi connectivity index (χ1n) is 13.4. The Kier molecular flexibility index (Phi) is 15.9. The normalized spacial score (nSPS) is 11.4. The summed E-state index contributed by atoms with van der Waals surface area (Å²) in [6.45, 7) is 19.5. The van der Waals surface area contributed by atoms with Crippen molar-refractivity contribution in [2.75, 3.05) is 41.0 Å². The maximum Gasteiger partial charge on any atom is 0.488 e. The highest BCUT2D eigenvalue weighted by atomic mass is 79.9. The Hall–Kier alpha value is -1.54. The van der Waals surface area contributed by atoms with Crippen molar-refractivity contribution in [2.24, 2.45) is 0 Å². The molecule has 0 amide bonds. The van der Waals surface area contributed by atoms with E-state index in [0.717, 1.165) is 40.0 Å². The molecule has 0 aromatic heterocycles. The van der Waals surface area contributed by atoms with Gasteiger partial charge in [0.2, 0.25) is 0 Å². The van der Waals surface area contributed by atoms with E-state index in [1.54, 1.807) is 26.2 Å². The van der Waals surface area contributed by atoms with Crippen molar-refractivity contribution in [1.82, 2.24) is 0 Å². The highest BCUT2D eigenvalue weighted by Gasteiger charge is 2.18. The molecule has 0 saturated heterocycles. The fourth-order valence-corrected chi connectivity index (χ4v) is 5.06. The van der Waals surface area contributed by atoms with Crippen molar-refractivity contribution in [2.45, 2.75) is 65.2 Å². The Labute approximate surface area is 251 Å². The van der Waals surface area contributed by atoms with Gasteiger partial charge in [-0.3, -0.25) is 0 Å². The van der Waals surface area contributed by atoms with E-state index < -0.39 is 23.3 Å². The molecule has 8 nitrogen and oxygen atoms in total. The minimum absolute atomic E-state index is 0.154. The van der Waals surface area contributed by atoms with Gasteiger partial charge in [-0.25, -0.2) is 0 Å². The van der Waals surface area contributed by atoms with Gasteiger partial charge in [0.15, 0.2) is 36.6 Å². The third kappa shape index (κ3) is 14.4. The van der Waals surface area contributed by atoms with Crippen LogP contribution in [-0.4, -0.2) is 74.3 Å².